The number of thiazole rings is 1. The highest BCUT2D eigenvalue weighted by Crippen LogP contribution is 2.22. The van der Waals surface area contributed by atoms with E-state index in [9.17, 15) is 4.79 Å². The van der Waals surface area contributed by atoms with Gasteiger partial charge in [0.05, 0.1) is 7.11 Å². The van der Waals surface area contributed by atoms with Gasteiger partial charge in [-0.25, -0.2) is 4.98 Å². The highest BCUT2D eigenvalue weighted by Gasteiger charge is 2.11. The smallest absolute Gasteiger partial charge is 0.271 e. The minimum Gasteiger partial charge on any atom is -0.497 e. The van der Waals surface area contributed by atoms with Crippen LogP contribution in [0, 0.1) is 0 Å². The van der Waals surface area contributed by atoms with Gasteiger partial charge in [-0.1, -0.05) is 12.1 Å². The van der Waals surface area contributed by atoms with Gasteiger partial charge in [-0.05, 0) is 29.8 Å². The van der Waals surface area contributed by atoms with Crippen molar-refractivity contribution in [2.24, 2.45) is 0 Å². The number of nitrogens with one attached hydrogen (secondary N) is 1. The molecule has 3 rings (SSSR count). The molecule has 0 saturated carbocycles. The van der Waals surface area contributed by atoms with Gasteiger partial charge in [0, 0.05) is 29.9 Å². The van der Waals surface area contributed by atoms with Gasteiger partial charge in [0.2, 0.25) is 0 Å². The van der Waals surface area contributed by atoms with Crippen LogP contribution in [0.1, 0.15) is 16.1 Å². The SMILES string of the molecule is COc1ccc(CNC(=O)c2csc(-c3cccnc3)n2)cc1. The monoisotopic (exact) mass is 325 g/mol. The van der Waals surface area contributed by atoms with Gasteiger partial charge >= 0.3 is 0 Å². The van der Waals surface area contributed by atoms with Crippen molar-refractivity contribution in [2.75, 3.05) is 7.11 Å². The van der Waals surface area contributed by atoms with Crippen LogP contribution in [0.5, 0.6) is 5.75 Å². The van der Waals surface area contributed by atoms with E-state index < -0.39 is 0 Å². The molecule has 0 unspecified atom stereocenters. The van der Waals surface area contributed by atoms with E-state index in [0.717, 1.165) is 21.9 Å². The van der Waals surface area contributed by atoms with Crippen molar-refractivity contribution in [3.05, 3.63) is 65.4 Å². The highest BCUT2D eigenvalue weighted by atomic mass is 32.1. The van der Waals surface area contributed by atoms with Gasteiger partial charge in [-0.15, -0.1) is 11.3 Å². The Kier molecular flexibility index (Phi) is 4.63. The van der Waals surface area contributed by atoms with Crippen molar-refractivity contribution in [3.63, 3.8) is 0 Å². The van der Waals surface area contributed by atoms with Crippen LogP contribution in [0.2, 0.25) is 0 Å². The number of amides is 1. The minimum absolute atomic E-state index is 0.188. The first-order chi connectivity index (χ1) is 11.3. The number of carbonyl (C=O) groups excluding carboxylic acids is 1. The summed E-state index contributed by atoms with van der Waals surface area (Å²) in [5.41, 5.74) is 2.33. The average Bonchev–Trinajstić information content (AvgIpc) is 3.11. The number of aromatic nitrogens is 2. The van der Waals surface area contributed by atoms with Crippen LogP contribution in [0.3, 0.4) is 0 Å². The van der Waals surface area contributed by atoms with Gasteiger partial charge < -0.3 is 10.1 Å². The Morgan fingerprint density at radius 2 is 2.09 bits per heavy atom. The number of methoxy groups -OCH3 is 1. The van der Waals surface area contributed by atoms with Gasteiger partial charge in [0.25, 0.3) is 5.91 Å². The molecule has 6 heteroatoms. The van der Waals surface area contributed by atoms with E-state index in [-0.39, 0.29) is 5.91 Å². The fourth-order valence-electron chi connectivity index (χ4n) is 2.02. The second-order valence-corrected chi connectivity index (χ2v) is 5.67. The van der Waals surface area contributed by atoms with Gasteiger partial charge in [0.15, 0.2) is 0 Å². The van der Waals surface area contributed by atoms with Crippen LogP contribution in [-0.2, 0) is 6.54 Å². The van der Waals surface area contributed by atoms with Crippen molar-refractivity contribution in [2.45, 2.75) is 6.54 Å². The van der Waals surface area contributed by atoms with Crippen LogP contribution in [0.15, 0.2) is 54.2 Å². The molecule has 0 radical (unpaired) electrons. The summed E-state index contributed by atoms with van der Waals surface area (Å²) < 4.78 is 5.11. The Labute approximate surface area is 138 Å². The largest absolute Gasteiger partial charge is 0.497 e. The van der Waals surface area contributed by atoms with E-state index >= 15 is 0 Å². The molecular formula is C17H15N3O2S. The summed E-state index contributed by atoms with van der Waals surface area (Å²) in [4.78, 5) is 20.6. The number of hydrogen-bond acceptors (Lipinski definition) is 5. The molecule has 5 nitrogen and oxygen atoms in total. The summed E-state index contributed by atoms with van der Waals surface area (Å²) >= 11 is 1.43. The fraction of sp³-hybridized carbons (Fsp3) is 0.118. The summed E-state index contributed by atoms with van der Waals surface area (Å²) in [6.45, 7) is 0.447. The molecule has 0 bridgehead atoms. The molecule has 1 N–H and O–H groups in total. The third-order valence-electron chi connectivity index (χ3n) is 3.26. The zero-order chi connectivity index (χ0) is 16.1. The van der Waals surface area contributed by atoms with Gasteiger partial charge in [-0.2, -0.15) is 0 Å². The molecule has 3 aromatic rings. The van der Waals surface area contributed by atoms with E-state index in [2.05, 4.69) is 15.3 Å². The average molecular weight is 325 g/mol. The van der Waals surface area contributed by atoms with E-state index in [1.54, 1.807) is 24.9 Å². The maximum atomic E-state index is 12.2. The maximum Gasteiger partial charge on any atom is 0.271 e. The Bertz CT molecular complexity index is 785. The molecule has 116 valence electrons. The molecule has 0 aliphatic rings. The lowest BCUT2D eigenvalue weighted by molar-refractivity contribution is 0.0946. The molecule has 2 aromatic heterocycles. The number of hydrogen-bond donors (Lipinski definition) is 1. The Hall–Kier alpha value is -2.73. The first-order valence-electron chi connectivity index (χ1n) is 7.03. The fourth-order valence-corrected chi connectivity index (χ4v) is 2.81. The Morgan fingerprint density at radius 3 is 2.78 bits per heavy atom. The van der Waals surface area contributed by atoms with E-state index in [1.807, 2.05) is 36.4 Å². The van der Waals surface area contributed by atoms with Crippen LogP contribution in [0.25, 0.3) is 10.6 Å². The van der Waals surface area contributed by atoms with Crippen LogP contribution < -0.4 is 10.1 Å². The first-order valence-corrected chi connectivity index (χ1v) is 7.91. The topological polar surface area (TPSA) is 64.1 Å². The third-order valence-corrected chi connectivity index (χ3v) is 4.15. The summed E-state index contributed by atoms with van der Waals surface area (Å²) in [6.07, 6.45) is 3.44. The molecule has 23 heavy (non-hydrogen) atoms. The molecular weight excluding hydrogens is 310 g/mol. The second-order valence-electron chi connectivity index (χ2n) is 4.81. The predicted molar refractivity (Wildman–Crippen MR) is 89.5 cm³/mol. The molecule has 0 spiro atoms. The lowest BCUT2D eigenvalue weighted by atomic mass is 10.2. The Balaban J connectivity index is 1.63. The van der Waals surface area contributed by atoms with E-state index in [4.69, 9.17) is 4.74 Å². The number of benzene rings is 1. The molecule has 0 saturated heterocycles. The molecule has 0 atom stereocenters. The number of ether oxygens (including phenoxy) is 1. The first kappa shape index (κ1) is 15.2. The zero-order valence-electron chi connectivity index (χ0n) is 12.5. The van der Waals surface area contributed by atoms with Crippen molar-refractivity contribution in [3.8, 4) is 16.3 Å². The lowest BCUT2D eigenvalue weighted by Crippen LogP contribution is -2.23. The summed E-state index contributed by atoms with van der Waals surface area (Å²) in [5.74, 6) is 0.605. The highest BCUT2D eigenvalue weighted by molar-refractivity contribution is 7.13. The minimum atomic E-state index is -0.188. The molecule has 1 aromatic carbocycles. The third kappa shape index (κ3) is 3.73. The summed E-state index contributed by atoms with van der Waals surface area (Å²) in [5, 5.41) is 5.41. The molecule has 0 aliphatic heterocycles. The molecule has 2 heterocycles. The van der Waals surface area contributed by atoms with Crippen molar-refractivity contribution < 1.29 is 9.53 Å². The van der Waals surface area contributed by atoms with Crippen molar-refractivity contribution in [1.29, 1.82) is 0 Å². The molecule has 0 fully saturated rings. The summed E-state index contributed by atoms with van der Waals surface area (Å²) in [6, 6.07) is 11.3. The maximum absolute atomic E-state index is 12.2. The van der Waals surface area contributed by atoms with E-state index in [1.165, 1.54) is 11.3 Å². The van der Waals surface area contributed by atoms with Crippen molar-refractivity contribution in [1.82, 2.24) is 15.3 Å². The number of nitrogens with zero attached hydrogens (tertiary/aromatic N) is 2. The lowest BCUT2D eigenvalue weighted by Gasteiger charge is -2.05. The summed E-state index contributed by atoms with van der Waals surface area (Å²) in [7, 11) is 1.62. The van der Waals surface area contributed by atoms with Crippen molar-refractivity contribution >= 4 is 17.2 Å². The quantitative estimate of drug-likeness (QED) is 0.783. The van der Waals surface area contributed by atoms with Gasteiger partial charge in [-0.3, -0.25) is 9.78 Å². The molecule has 0 aliphatic carbocycles. The number of rotatable bonds is 5. The number of carbonyl (C=O) groups is 1. The zero-order valence-corrected chi connectivity index (χ0v) is 13.3. The van der Waals surface area contributed by atoms with Crippen LogP contribution >= 0.6 is 11.3 Å². The van der Waals surface area contributed by atoms with Gasteiger partial charge in [0.1, 0.15) is 16.5 Å². The standard InChI is InChI=1S/C17H15N3O2S/c1-22-14-6-4-12(5-7-14)9-19-16(21)15-11-23-17(20-15)13-3-2-8-18-10-13/h2-8,10-11H,9H2,1H3,(H,19,21). The van der Waals surface area contributed by atoms with Crippen LogP contribution in [-0.4, -0.2) is 23.0 Å². The number of pyridine rings is 1. The molecule has 1 amide bonds. The normalized spacial score (nSPS) is 10.3. The predicted octanol–water partition coefficient (Wildman–Crippen LogP) is 3.14. The second kappa shape index (κ2) is 7.02. The van der Waals surface area contributed by atoms with E-state index in [0.29, 0.717) is 12.2 Å². The Morgan fingerprint density at radius 1 is 1.26 bits per heavy atom. The van der Waals surface area contributed by atoms with Crippen LogP contribution in [0.4, 0.5) is 0 Å².